The quantitative estimate of drug-likeness (QED) is 0.486. The molecule has 1 fully saturated rings. The van der Waals surface area contributed by atoms with Gasteiger partial charge in [-0.1, -0.05) is 0 Å². The summed E-state index contributed by atoms with van der Waals surface area (Å²) in [5.41, 5.74) is 0.789. The molecule has 1 aromatic carbocycles. The molecule has 0 spiro atoms. The molecule has 1 aliphatic heterocycles. The summed E-state index contributed by atoms with van der Waals surface area (Å²) >= 11 is 0. The summed E-state index contributed by atoms with van der Waals surface area (Å²) in [5.74, 6) is -0.0737. The molecular formula is C15H18N2O4. The first kappa shape index (κ1) is 15.2. The Kier molecular flexibility index (Phi) is 4.70. The Morgan fingerprint density at radius 3 is 2.38 bits per heavy atom. The zero-order valence-corrected chi connectivity index (χ0v) is 12.1. The van der Waals surface area contributed by atoms with Gasteiger partial charge in [0.25, 0.3) is 5.69 Å². The van der Waals surface area contributed by atoms with Crippen molar-refractivity contribution in [1.82, 2.24) is 4.90 Å². The monoisotopic (exact) mass is 290 g/mol. The van der Waals surface area contributed by atoms with Crippen molar-refractivity contribution < 1.29 is 14.5 Å². The summed E-state index contributed by atoms with van der Waals surface area (Å²) in [6.07, 6.45) is 3.22. The van der Waals surface area contributed by atoms with Crippen LogP contribution in [0.5, 0.6) is 0 Å². The third-order valence-corrected chi connectivity index (χ3v) is 3.25. The van der Waals surface area contributed by atoms with Crippen molar-refractivity contribution in [3.8, 4) is 0 Å². The molecule has 1 saturated heterocycles. The van der Waals surface area contributed by atoms with E-state index in [0.717, 1.165) is 5.56 Å². The van der Waals surface area contributed by atoms with Gasteiger partial charge in [-0.05, 0) is 37.6 Å². The van der Waals surface area contributed by atoms with E-state index in [1.54, 1.807) is 23.1 Å². The van der Waals surface area contributed by atoms with Crippen LogP contribution in [-0.2, 0) is 9.53 Å². The van der Waals surface area contributed by atoms with Gasteiger partial charge in [-0.25, -0.2) is 0 Å². The number of carbonyl (C=O) groups excluding carboxylic acids is 1. The van der Waals surface area contributed by atoms with Crippen LogP contribution in [0.2, 0.25) is 0 Å². The lowest BCUT2D eigenvalue weighted by atomic mass is 10.2. The number of ether oxygens (including phenoxy) is 1. The van der Waals surface area contributed by atoms with Gasteiger partial charge in [0.15, 0.2) is 0 Å². The zero-order valence-electron chi connectivity index (χ0n) is 12.1. The average molecular weight is 290 g/mol. The molecule has 2 atom stereocenters. The maximum Gasteiger partial charge on any atom is 0.269 e. The fourth-order valence-electron chi connectivity index (χ4n) is 2.34. The van der Waals surface area contributed by atoms with E-state index >= 15 is 0 Å². The number of hydrogen-bond donors (Lipinski definition) is 0. The number of benzene rings is 1. The van der Waals surface area contributed by atoms with E-state index in [4.69, 9.17) is 4.74 Å². The molecule has 0 bridgehead atoms. The second kappa shape index (κ2) is 6.49. The molecule has 112 valence electrons. The third kappa shape index (κ3) is 4.13. The molecular weight excluding hydrogens is 272 g/mol. The highest BCUT2D eigenvalue weighted by atomic mass is 16.6. The van der Waals surface area contributed by atoms with E-state index in [0.29, 0.717) is 13.1 Å². The van der Waals surface area contributed by atoms with Crippen LogP contribution in [-0.4, -0.2) is 41.0 Å². The van der Waals surface area contributed by atoms with Gasteiger partial charge >= 0.3 is 0 Å². The number of morpholine rings is 1. The Morgan fingerprint density at radius 1 is 1.29 bits per heavy atom. The second-order valence-corrected chi connectivity index (χ2v) is 5.18. The van der Waals surface area contributed by atoms with Crippen molar-refractivity contribution in [2.24, 2.45) is 0 Å². The van der Waals surface area contributed by atoms with E-state index in [1.165, 1.54) is 18.2 Å². The largest absolute Gasteiger partial charge is 0.372 e. The highest BCUT2D eigenvalue weighted by Gasteiger charge is 2.24. The maximum absolute atomic E-state index is 12.1. The van der Waals surface area contributed by atoms with Crippen molar-refractivity contribution >= 4 is 17.7 Å². The van der Waals surface area contributed by atoms with Gasteiger partial charge in [-0.3, -0.25) is 14.9 Å². The number of carbonyl (C=O) groups is 1. The van der Waals surface area contributed by atoms with Gasteiger partial charge < -0.3 is 9.64 Å². The summed E-state index contributed by atoms with van der Waals surface area (Å²) in [6.45, 7) is 5.04. The van der Waals surface area contributed by atoms with Crippen molar-refractivity contribution in [3.05, 3.63) is 46.0 Å². The first-order valence-electron chi connectivity index (χ1n) is 6.82. The van der Waals surface area contributed by atoms with E-state index < -0.39 is 4.92 Å². The van der Waals surface area contributed by atoms with Gasteiger partial charge in [0.1, 0.15) is 0 Å². The predicted octanol–water partition coefficient (Wildman–Crippen LogP) is 2.24. The molecule has 6 heteroatoms. The van der Waals surface area contributed by atoms with E-state index in [-0.39, 0.29) is 23.8 Å². The summed E-state index contributed by atoms with van der Waals surface area (Å²) in [6, 6.07) is 6.07. The molecule has 6 nitrogen and oxygen atoms in total. The Labute approximate surface area is 123 Å². The zero-order chi connectivity index (χ0) is 15.4. The molecule has 0 aliphatic carbocycles. The van der Waals surface area contributed by atoms with Crippen LogP contribution in [0.15, 0.2) is 30.3 Å². The van der Waals surface area contributed by atoms with E-state index in [9.17, 15) is 14.9 Å². The van der Waals surface area contributed by atoms with Crippen LogP contribution < -0.4 is 0 Å². The van der Waals surface area contributed by atoms with Crippen molar-refractivity contribution in [3.63, 3.8) is 0 Å². The lowest BCUT2D eigenvalue weighted by Crippen LogP contribution is -2.47. The van der Waals surface area contributed by atoms with Crippen LogP contribution in [0.4, 0.5) is 5.69 Å². The van der Waals surface area contributed by atoms with Gasteiger partial charge in [0.2, 0.25) is 5.91 Å². The number of amides is 1. The first-order chi connectivity index (χ1) is 9.95. The average Bonchev–Trinajstić information content (AvgIpc) is 2.44. The van der Waals surface area contributed by atoms with Crippen molar-refractivity contribution in [2.75, 3.05) is 13.1 Å². The van der Waals surface area contributed by atoms with Gasteiger partial charge in [0.05, 0.1) is 17.1 Å². The van der Waals surface area contributed by atoms with Gasteiger partial charge in [-0.2, -0.15) is 0 Å². The van der Waals surface area contributed by atoms with Crippen LogP contribution in [0.3, 0.4) is 0 Å². The lowest BCUT2D eigenvalue weighted by molar-refractivity contribution is -0.384. The van der Waals surface area contributed by atoms with Crippen LogP contribution in [0.1, 0.15) is 19.4 Å². The smallest absolute Gasteiger partial charge is 0.269 e. The summed E-state index contributed by atoms with van der Waals surface area (Å²) in [4.78, 5) is 24.0. The number of hydrogen-bond acceptors (Lipinski definition) is 4. The Hall–Kier alpha value is -2.21. The summed E-state index contributed by atoms with van der Waals surface area (Å²) < 4.78 is 5.58. The molecule has 1 amide bonds. The fraction of sp³-hybridized carbons (Fsp3) is 0.400. The Bertz CT molecular complexity index is 543. The van der Waals surface area contributed by atoms with E-state index in [1.807, 2.05) is 13.8 Å². The SMILES string of the molecule is CC1CN(C(=O)C=Cc2ccc([N+](=O)[O-])cc2)CC(C)O1. The standard InChI is InChI=1S/C15H18N2O4/c1-11-9-16(10-12(2)21-11)15(18)8-5-13-3-6-14(7-4-13)17(19)20/h3-8,11-12H,9-10H2,1-2H3. The Morgan fingerprint density at radius 2 is 1.86 bits per heavy atom. The van der Waals surface area contributed by atoms with Gasteiger partial charge in [-0.15, -0.1) is 0 Å². The van der Waals surface area contributed by atoms with Crippen LogP contribution in [0.25, 0.3) is 6.08 Å². The Balaban J connectivity index is 1.99. The van der Waals surface area contributed by atoms with E-state index in [2.05, 4.69) is 0 Å². The fourth-order valence-corrected chi connectivity index (χ4v) is 2.34. The predicted molar refractivity (Wildman–Crippen MR) is 78.7 cm³/mol. The molecule has 21 heavy (non-hydrogen) atoms. The molecule has 1 aromatic rings. The molecule has 0 radical (unpaired) electrons. The summed E-state index contributed by atoms with van der Waals surface area (Å²) in [5, 5.41) is 10.6. The van der Waals surface area contributed by atoms with Crippen molar-refractivity contribution in [2.45, 2.75) is 26.1 Å². The minimum Gasteiger partial charge on any atom is -0.372 e. The summed E-state index contributed by atoms with van der Waals surface area (Å²) in [7, 11) is 0. The molecule has 0 saturated carbocycles. The molecule has 2 unspecified atom stereocenters. The van der Waals surface area contributed by atoms with Crippen LogP contribution >= 0.6 is 0 Å². The van der Waals surface area contributed by atoms with Crippen molar-refractivity contribution in [1.29, 1.82) is 0 Å². The molecule has 0 N–H and O–H groups in total. The number of non-ortho nitro benzene ring substituents is 1. The highest BCUT2D eigenvalue weighted by molar-refractivity contribution is 5.91. The molecule has 1 aliphatic rings. The number of rotatable bonds is 3. The third-order valence-electron chi connectivity index (χ3n) is 3.25. The van der Waals surface area contributed by atoms with Crippen LogP contribution in [0, 0.1) is 10.1 Å². The minimum atomic E-state index is -0.449. The topological polar surface area (TPSA) is 72.7 Å². The highest BCUT2D eigenvalue weighted by Crippen LogP contribution is 2.14. The van der Waals surface area contributed by atoms with Gasteiger partial charge in [0, 0.05) is 31.3 Å². The minimum absolute atomic E-state index is 0.0328. The normalized spacial score (nSPS) is 22.5. The molecule has 0 aromatic heterocycles. The number of nitro groups is 1. The first-order valence-corrected chi connectivity index (χ1v) is 6.82. The molecule has 2 rings (SSSR count). The maximum atomic E-state index is 12.1. The molecule has 1 heterocycles. The number of nitro benzene ring substituents is 1. The lowest BCUT2D eigenvalue weighted by Gasteiger charge is -2.34. The second-order valence-electron chi connectivity index (χ2n) is 5.18. The number of nitrogens with zero attached hydrogens (tertiary/aromatic N) is 2.